The van der Waals surface area contributed by atoms with Crippen LogP contribution >= 0.6 is 15.9 Å². The quantitative estimate of drug-likeness (QED) is 0.828. The lowest BCUT2D eigenvalue weighted by atomic mass is 10.1. The zero-order valence-electron chi connectivity index (χ0n) is 11.5. The van der Waals surface area contributed by atoms with Gasteiger partial charge in [0.05, 0.1) is 4.90 Å². The second kappa shape index (κ2) is 6.83. The molecule has 6 heteroatoms. The van der Waals surface area contributed by atoms with E-state index in [1.165, 1.54) is 0 Å². The number of hydrogen-bond donors (Lipinski definition) is 2. The fourth-order valence-electron chi connectivity index (χ4n) is 1.77. The van der Waals surface area contributed by atoms with E-state index in [1.54, 1.807) is 18.2 Å². The van der Waals surface area contributed by atoms with Crippen molar-refractivity contribution in [3.05, 3.63) is 28.2 Å². The first-order valence-corrected chi connectivity index (χ1v) is 8.51. The molecule has 1 aromatic carbocycles. The highest BCUT2D eigenvalue weighted by Gasteiger charge is 2.16. The molecule has 0 radical (unpaired) electrons. The van der Waals surface area contributed by atoms with Crippen LogP contribution in [0.25, 0.3) is 0 Å². The van der Waals surface area contributed by atoms with Crippen LogP contribution < -0.4 is 10.5 Å². The largest absolute Gasteiger partial charge is 0.327 e. The minimum Gasteiger partial charge on any atom is -0.327 e. The van der Waals surface area contributed by atoms with Crippen LogP contribution in [0.4, 0.5) is 0 Å². The predicted octanol–water partition coefficient (Wildman–Crippen LogP) is 2.41. The number of aryl methyl sites for hydroxylation is 1. The highest BCUT2D eigenvalue weighted by atomic mass is 79.9. The van der Waals surface area contributed by atoms with E-state index in [-0.39, 0.29) is 17.5 Å². The van der Waals surface area contributed by atoms with Gasteiger partial charge in [0.25, 0.3) is 0 Å². The Bertz CT molecular complexity index is 529. The molecule has 0 heterocycles. The Morgan fingerprint density at radius 1 is 1.37 bits per heavy atom. The van der Waals surface area contributed by atoms with Crippen LogP contribution in [0.15, 0.2) is 27.6 Å². The van der Waals surface area contributed by atoms with Gasteiger partial charge < -0.3 is 5.73 Å². The maximum absolute atomic E-state index is 12.1. The first-order chi connectivity index (χ1) is 8.72. The molecule has 1 atom stereocenters. The monoisotopic (exact) mass is 348 g/mol. The molecular formula is C13H21BrN2O2S. The number of hydrogen-bond acceptors (Lipinski definition) is 3. The Labute approximate surface area is 124 Å². The summed E-state index contributed by atoms with van der Waals surface area (Å²) in [6, 6.07) is 4.79. The summed E-state index contributed by atoms with van der Waals surface area (Å²) in [5.41, 5.74) is 6.76. The van der Waals surface area contributed by atoms with E-state index in [2.05, 4.69) is 34.5 Å². The molecule has 108 valence electrons. The van der Waals surface area contributed by atoms with Gasteiger partial charge in [0, 0.05) is 17.1 Å². The Morgan fingerprint density at radius 2 is 2.00 bits per heavy atom. The van der Waals surface area contributed by atoms with E-state index in [0.29, 0.717) is 5.92 Å². The number of halogens is 1. The predicted molar refractivity (Wildman–Crippen MR) is 81.5 cm³/mol. The summed E-state index contributed by atoms with van der Waals surface area (Å²) in [6.07, 6.45) is 0.794. The van der Waals surface area contributed by atoms with E-state index >= 15 is 0 Å². The lowest BCUT2D eigenvalue weighted by Gasteiger charge is -2.15. The normalized spacial score (nSPS) is 13.8. The molecule has 0 aromatic heterocycles. The van der Waals surface area contributed by atoms with Crippen LogP contribution in [0.2, 0.25) is 0 Å². The van der Waals surface area contributed by atoms with E-state index in [1.807, 2.05) is 6.92 Å². The van der Waals surface area contributed by atoms with Crippen molar-refractivity contribution >= 4 is 26.0 Å². The van der Waals surface area contributed by atoms with Crippen molar-refractivity contribution in [3.63, 3.8) is 0 Å². The van der Waals surface area contributed by atoms with Gasteiger partial charge in [-0.05, 0) is 43.0 Å². The Hall–Kier alpha value is -0.430. The molecule has 4 nitrogen and oxygen atoms in total. The third kappa shape index (κ3) is 5.22. The first-order valence-electron chi connectivity index (χ1n) is 6.23. The molecule has 0 aliphatic heterocycles. The molecule has 0 aliphatic rings. The molecule has 0 spiro atoms. The standard InChI is InChI=1S/C13H21BrN2O2S/c1-9(2)6-11(15)8-16-19(17,18)12-4-5-13(14)10(3)7-12/h4-5,7,9,11,16H,6,8,15H2,1-3H3. The van der Waals surface area contributed by atoms with Crippen LogP contribution in [-0.2, 0) is 10.0 Å². The van der Waals surface area contributed by atoms with Gasteiger partial charge in [-0.25, -0.2) is 13.1 Å². The molecule has 0 fully saturated rings. The molecule has 0 bridgehead atoms. The Morgan fingerprint density at radius 3 is 2.53 bits per heavy atom. The summed E-state index contributed by atoms with van der Waals surface area (Å²) in [6.45, 7) is 6.24. The van der Waals surface area contributed by atoms with Gasteiger partial charge in [0.1, 0.15) is 0 Å². The Kier molecular flexibility index (Phi) is 5.98. The molecule has 1 rings (SSSR count). The topological polar surface area (TPSA) is 72.2 Å². The lowest BCUT2D eigenvalue weighted by Crippen LogP contribution is -2.38. The van der Waals surface area contributed by atoms with Crippen molar-refractivity contribution in [1.82, 2.24) is 4.72 Å². The van der Waals surface area contributed by atoms with Crippen molar-refractivity contribution in [1.29, 1.82) is 0 Å². The van der Waals surface area contributed by atoms with Crippen molar-refractivity contribution in [2.45, 2.75) is 38.1 Å². The van der Waals surface area contributed by atoms with Crippen LogP contribution in [0, 0.1) is 12.8 Å². The maximum Gasteiger partial charge on any atom is 0.240 e. The Balaban J connectivity index is 2.73. The summed E-state index contributed by atoms with van der Waals surface area (Å²) in [5, 5.41) is 0. The molecule has 0 saturated heterocycles. The van der Waals surface area contributed by atoms with Crippen molar-refractivity contribution in [3.8, 4) is 0 Å². The van der Waals surface area contributed by atoms with Crippen molar-refractivity contribution in [2.24, 2.45) is 11.7 Å². The summed E-state index contributed by atoms with van der Waals surface area (Å²) >= 11 is 3.35. The number of nitrogens with two attached hydrogens (primary N) is 1. The van der Waals surface area contributed by atoms with Crippen molar-refractivity contribution < 1.29 is 8.42 Å². The molecule has 3 N–H and O–H groups in total. The summed E-state index contributed by atoms with van der Waals surface area (Å²) < 4.78 is 27.7. The lowest BCUT2D eigenvalue weighted by molar-refractivity contribution is 0.486. The zero-order chi connectivity index (χ0) is 14.6. The fraction of sp³-hybridized carbons (Fsp3) is 0.538. The summed E-state index contributed by atoms with van der Waals surface area (Å²) in [5.74, 6) is 0.453. The first kappa shape index (κ1) is 16.6. The highest BCUT2D eigenvalue weighted by Crippen LogP contribution is 2.19. The molecular weight excluding hydrogens is 328 g/mol. The van der Waals surface area contributed by atoms with Gasteiger partial charge in [0.15, 0.2) is 0 Å². The molecule has 0 aliphatic carbocycles. The van der Waals surface area contributed by atoms with Gasteiger partial charge in [-0.1, -0.05) is 29.8 Å². The molecule has 0 amide bonds. The third-order valence-corrected chi connectivity index (χ3v) is 5.06. The van der Waals surface area contributed by atoms with Crippen LogP contribution in [-0.4, -0.2) is 21.0 Å². The SMILES string of the molecule is Cc1cc(S(=O)(=O)NCC(N)CC(C)C)ccc1Br. The van der Waals surface area contributed by atoms with Gasteiger partial charge in [0.2, 0.25) is 10.0 Å². The number of sulfonamides is 1. The van der Waals surface area contributed by atoms with Gasteiger partial charge in [-0.3, -0.25) is 0 Å². The molecule has 19 heavy (non-hydrogen) atoms. The van der Waals surface area contributed by atoms with Crippen molar-refractivity contribution in [2.75, 3.05) is 6.54 Å². The summed E-state index contributed by atoms with van der Waals surface area (Å²) in [7, 11) is -3.48. The molecule has 0 saturated carbocycles. The smallest absolute Gasteiger partial charge is 0.240 e. The van der Waals surface area contributed by atoms with Crippen LogP contribution in [0.3, 0.4) is 0 Å². The maximum atomic E-state index is 12.1. The number of rotatable bonds is 6. The number of nitrogens with one attached hydrogen (secondary N) is 1. The van der Waals surface area contributed by atoms with E-state index < -0.39 is 10.0 Å². The minimum absolute atomic E-state index is 0.161. The average Bonchev–Trinajstić information content (AvgIpc) is 2.29. The fourth-order valence-corrected chi connectivity index (χ4v) is 3.20. The van der Waals surface area contributed by atoms with Crippen LogP contribution in [0.5, 0.6) is 0 Å². The van der Waals surface area contributed by atoms with E-state index in [4.69, 9.17) is 5.73 Å². The average molecular weight is 349 g/mol. The summed E-state index contributed by atoms with van der Waals surface area (Å²) in [4.78, 5) is 0.268. The second-order valence-electron chi connectivity index (χ2n) is 5.15. The molecule has 1 aromatic rings. The van der Waals surface area contributed by atoms with Gasteiger partial charge in [-0.2, -0.15) is 0 Å². The third-order valence-electron chi connectivity index (χ3n) is 2.75. The van der Waals surface area contributed by atoms with E-state index in [9.17, 15) is 8.42 Å². The molecule has 1 unspecified atom stereocenters. The van der Waals surface area contributed by atoms with Gasteiger partial charge >= 0.3 is 0 Å². The highest BCUT2D eigenvalue weighted by molar-refractivity contribution is 9.10. The zero-order valence-corrected chi connectivity index (χ0v) is 13.9. The number of benzene rings is 1. The minimum atomic E-state index is -3.48. The second-order valence-corrected chi connectivity index (χ2v) is 7.77. The van der Waals surface area contributed by atoms with Crippen LogP contribution in [0.1, 0.15) is 25.8 Å². The van der Waals surface area contributed by atoms with Gasteiger partial charge in [-0.15, -0.1) is 0 Å². The van der Waals surface area contributed by atoms with E-state index in [0.717, 1.165) is 16.5 Å².